The Hall–Kier alpha value is -1.62. The maximum atomic E-state index is 11.9. The summed E-state index contributed by atoms with van der Waals surface area (Å²) in [6.07, 6.45) is 3.17. The van der Waals surface area contributed by atoms with E-state index in [0.29, 0.717) is 6.54 Å². The van der Waals surface area contributed by atoms with E-state index in [1.165, 1.54) is 18.1 Å². The second-order valence-electron chi connectivity index (χ2n) is 3.81. The molecule has 1 amide bonds. The van der Waals surface area contributed by atoms with Crippen LogP contribution in [0.1, 0.15) is 12.5 Å². The first-order valence-corrected chi connectivity index (χ1v) is 6.65. The van der Waals surface area contributed by atoms with Crippen molar-refractivity contribution in [3.8, 4) is 0 Å². The van der Waals surface area contributed by atoms with Gasteiger partial charge in [-0.05, 0) is 30.7 Å². The smallest absolute Gasteiger partial charge is 0.325 e. The molecule has 0 saturated heterocycles. The zero-order valence-electron chi connectivity index (χ0n) is 10.9. The number of carbonyl (C=O) groups is 2. The molecule has 0 atom stereocenters. The van der Waals surface area contributed by atoms with E-state index >= 15 is 0 Å². The van der Waals surface area contributed by atoms with Crippen LogP contribution in [0, 0.1) is 0 Å². The molecule has 0 bridgehead atoms. The molecule has 0 radical (unpaired) electrons. The maximum Gasteiger partial charge on any atom is 0.325 e. The van der Waals surface area contributed by atoms with Crippen LogP contribution < -0.4 is 0 Å². The summed E-state index contributed by atoms with van der Waals surface area (Å²) < 4.78 is 5.53. The summed E-state index contributed by atoms with van der Waals surface area (Å²) in [6, 6.07) is 7.58. The van der Waals surface area contributed by atoms with E-state index in [2.05, 4.69) is 20.7 Å². The summed E-state index contributed by atoms with van der Waals surface area (Å²) in [7, 11) is 1.30. The number of ether oxygens (including phenoxy) is 1. The molecule has 0 unspecified atom stereocenters. The topological polar surface area (TPSA) is 46.6 Å². The molecule has 0 aliphatic heterocycles. The number of rotatable bonds is 5. The van der Waals surface area contributed by atoms with E-state index in [0.717, 1.165) is 10.0 Å². The number of hydrogen-bond donors (Lipinski definition) is 0. The minimum atomic E-state index is -0.424. The molecular formula is C14H16BrNO3. The summed E-state index contributed by atoms with van der Waals surface area (Å²) in [5, 5.41) is 0. The highest BCUT2D eigenvalue weighted by molar-refractivity contribution is 9.10. The van der Waals surface area contributed by atoms with Crippen LogP contribution in [0.25, 0.3) is 6.08 Å². The van der Waals surface area contributed by atoms with Crippen LogP contribution in [0.5, 0.6) is 0 Å². The van der Waals surface area contributed by atoms with Crippen molar-refractivity contribution in [2.24, 2.45) is 0 Å². The summed E-state index contributed by atoms with van der Waals surface area (Å²) in [5.74, 6) is -0.636. The lowest BCUT2D eigenvalue weighted by molar-refractivity contribution is -0.145. The second kappa shape index (κ2) is 7.74. The summed E-state index contributed by atoms with van der Waals surface area (Å²) in [6.45, 7) is 2.24. The van der Waals surface area contributed by atoms with Crippen LogP contribution >= 0.6 is 15.9 Å². The number of benzene rings is 1. The van der Waals surface area contributed by atoms with Gasteiger partial charge in [0, 0.05) is 17.1 Å². The number of carbonyl (C=O) groups excluding carboxylic acids is 2. The zero-order valence-corrected chi connectivity index (χ0v) is 12.5. The van der Waals surface area contributed by atoms with Crippen molar-refractivity contribution in [2.45, 2.75) is 6.92 Å². The molecular weight excluding hydrogens is 310 g/mol. The average molecular weight is 326 g/mol. The highest BCUT2D eigenvalue weighted by atomic mass is 79.9. The fourth-order valence-corrected chi connectivity index (χ4v) is 1.68. The molecule has 0 saturated carbocycles. The molecule has 0 N–H and O–H groups in total. The van der Waals surface area contributed by atoms with Crippen molar-refractivity contribution >= 4 is 33.9 Å². The van der Waals surface area contributed by atoms with E-state index in [-0.39, 0.29) is 12.5 Å². The maximum absolute atomic E-state index is 11.9. The van der Waals surface area contributed by atoms with E-state index < -0.39 is 5.97 Å². The van der Waals surface area contributed by atoms with Gasteiger partial charge in [0.25, 0.3) is 0 Å². The number of esters is 1. The van der Waals surface area contributed by atoms with Gasteiger partial charge in [-0.3, -0.25) is 9.59 Å². The molecule has 102 valence electrons. The van der Waals surface area contributed by atoms with Gasteiger partial charge >= 0.3 is 5.97 Å². The van der Waals surface area contributed by atoms with Crippen LogP contribution in [0.3, 0.4) is 0 Å². The third kappa shape index (κ3) is 5.26. The van der Waals surface area contributed by atoms with Gasteiger partial charge in [-0.1, -0.05) is 28.1 Å². The zero-order chi connectivity index (χ0) is 14.3. The Morgan fingerprint density at radius 3 is 2.47 bits per heavy atom. The van der Waals surface area contributed by atoms with Crippen LogP contribution in [-0.2, 0) is 14.3 Å². The van der Waals surface area contributed by atoms with Crippen molar-refractivity contribution in [1.29, 1.82) is 0 Å². The van der Waals surface area contributed by atoms with Crippen LogP contribution in [-0.4, -0.2) is 37.0 Å². The lowest BCUT2D eigenvalue weighted by Gasteiger charge is -2.17. The predicted molar refractivity (Wildman–Crippen MR) is 77.4 cm³/mol. The molecule has 1 aromatic rings. The van der Waals surface area contributed by atoms with Crippen LogP contribution in [0.4, 0.5) is 0 Å². The Kier molecular flexibility index (Phi) is 6.29. The molecule has 0 heterocycles. The van der Waals surface area contributed by atoms with Gasteiger partial charge in [0.2, 0.25) is 5.91 Å². The Balaban J connectivity index is 2.66. The molecule has 5 heteroatoms. The average Bonchev–Trinajstić information content (AvgIpc) is 2.43. The Morgan fingerprint density at radius 1 is 1.32 bits per heavy atom. The largest absolute Gasteiger partial charge is 0.468 e. The fraction of sp³-hybridized carbons (Fsp3) is 0.286. The van der Waals surface area contributed by atoms with Gasteiger partial charge in [-0.15, -0.1) is 0 Å². The number of nitrogens with zero attached hydrogens (tertiary/aromatic N) is 1. The molecule has 0 aliphatic carbocycles. The van der Waals surface area contributed by atoms with Gasteiger partial charge in [0.1, 0.15) is 6.54 Å². The number of methoxy groups -OCH3 is 1. The van der Waals surface area contributed by atoms with E-state index in [9.17, 15) is 9.59 Å². The summed E-state index contributed by atoms with van der Waals surface area (Å²) in [5.41, 5.74) is 0.922. The normalized spacial score (nSPS) is 10.5. The van der Waals surface area contributed by atoms with Crippen molar-refractivity contribution in [2.75, 3.05) is 20.2 Å². The second-order valence-corrected chi connectivity index (χ2v) is 4.73. The number of amides is 1. The highest BCUT2D eigenvalue weighted by Gasteiger charge is 2.12. The lowest BCUT2D eigenvalue weighted by atomic mass is 10.2. The Morgan fingerprint density at radius 2 is 1.95 bits per heavy atom. The minimum Gasteiger partial charge on any atom is -0.468 e. The van der Waals surface area contributed by atoms with Crippen molar-refractivity contribution in [1.82, 2.24) is 4.90 Å². The first kappa shape index (κ1) is 15.4. The number of likely N-dealkylation sites (N-methyl/N-ethyl adjacent to an activating group) is 1. The monoisotopic (exact) mass is 325 g/mol. The van der Waals surface area contributed by atoms with Crippen LogP contribution in [0.2, 0.25) is 0 Å². The molecule has 0 aliphatic rings. The molecule has 19 heavy (non-hydrogen) atoms. The van der Waals surface area contributed by atoms with Gasteiger partial charge in [-0.25, -0.2) is 0 Å². The van der Waals surface area contributed by atoms with Gasteiger partial charge in [0.15, 0.2) is 0 Å². The molecule has 0 fully saturated rings. The Labute approximate surface area is 121 Å². The quantitative estimate of drug-likeness (QED) is 0.617. The van der Waals surface area contributed by atoms with E-state index in [1.54, 1.807) is 6.08 Å². The fourth-order valence-electron chi connectivity index (χ4n) is 1.41. The van der Waals surface area contributed by atoms with E-state index in [4.69, 9.17) is 0 Å². The molecule has 0 aromatic heterocycles. The SMILES string of the molecule is CCN(CC(=O)OC)C(=O)C=Cc1ccc(Br)cc1. The van der Waals surface area contributed by atoms with Crippen molar-refractivity contribution < 1.29 is 14.3 Å². The highest BCUT2D eigenvalue weighted by Crippen LogP contribution is 2.11. The third-order valence-corrected chi connectivity index (χ3v) is 3.06. The number of hydrogen-bond acceptors (Lipinski definition) is 3. The van der Waals surface area contributed by atoms with Gasteiger partial charge < -0.3 is 9.64 Å². The standard InChI is InChI=1S/C14H16BrNO3/c1-3-16(10-14(18)19-2)13(17)9-6-11-4-7-12(15)8-5-11/h4-9H,3,10H2,1-2H3. The van der Waals surface area contributed by atoms with Crippen LogP contribution in [0.15, 0.2) is 34.8 Å². The third-order valence-electron chi connectivity index (χ3n) is 2.53. The first-order chi connectivity index (χ1) is 9.06. The molecule has 1 aromatic carbocycles. The lowest BCUT2D eigenvalue weighted by Crippen LogP contribution is -2.34. The van der Waals surface area contributed by atoms with Crippen molar-refractivity contribution in [3.63, 3.8) is 0 Å². The first-order valence-electron chi connectivity index (χ1n) is 5.86. The number of halogens is 1. The summed E-state index contributed by atoms with van der Waals surface area (Å²) >= 11 is 3.34. The van der Waals surface area contributed by atoms with E-state index in [1.807, 2.05) is 31.2 Å². The summed E-state index contributed by atoms with van der Waals surface area (Å²) in [4.78, 5) is 24.5. The molecule has 1 rings (SSSR count). The van der Waals surface area contributed by atoms with Gasteiger partial charge in [-0.2, -0.15) is 0 Å². The van der Waals surface area contributed by atoms with Gasteiger partial charge in [0.05, 0.1) is 7.11 Å². The molecule has 0 spiro atoms. The Bertz CT molecular complexity index is 468. The minimum absolute atomic E-state index is 0.0312. The van der Waals surface area contributed by atoms with Crippen molar-refractivity contribution in [3.05, 3.63) is 40.4 Å². The predicted octanol–water partition coefficient (Wildman–Crippen LogP) is 2.48. The molecule has 4 nitrogen and oxygen atoms in total.